The van der Waals surface area contributed by atoms with Crippen LogP contribution in [0.4, 0.5) is 9.59 Å². The highest BCUT2D eigenvalue weighted by molar-refractivity contribution is 6.18. The number of amides is 4. The minimum absolute atomic E-state index is 0.268. The molecule has 14 heavy (non-hydrogen) atoms. The summed E-state index contributed by atoms with van der Waals surface area (Å²) in [5.41, 5.74) is 5.41. The van der Waals surface area contributed by atoms with Crippen LogP contribution in [-0.2, 0) is 0 Å². The molecule has 0 radical (unpaired) electrons. The predicted molar refractivity (Wildman–Crippen MR) is 48.1 cm³/mol. The van der Waals surface area contributed by atoms with Crippen LogP contribution in [0.1, 0.15) is 0 Å². The van der Waals surface area contributed by atoms with Crippen molar-refractivity contribution < 1.29 is 9.59 Å². The zero-order valence-corrected chi connectivity index (χ0v) is 7.47. The predicted octanol–water partition coefficient (Wildman–Crippen LogP) is -0.768. The molecule has 2 aliphatic heterocycles. The van der Waals surface area contributed by atoms with Gasteiger partial charge in [0.15, 0.2) is 6.29 Å². The minimum atomic E-state index is -0.783. The van der Waals surface area contributed by atoms with Gasteiger partial charge in [-0.15, -0.1) is 0 Å². The lowest BCUT2D eigenvalue weighted by Crippen LogP contribution is -2.59. The van der Waals surface area contributed by atoms with Gasteiger partial charge in [-0.25, -0.2) is 14.6 Å². The third kappa shape index (κ3) is 1.14. The number of hydrogen-bond donors (Lipinski definition) is 2. The van der Waals surface area contributed by atoms with Gasteiger partial charge < -0.3 is 10.2 Å². The van der Waals surface area contributed by atoms with Gasteiger partial charge in [0, 0.05) is 13.2 Å². The van der Waals surface area contributed by atoms with Crippen LogP contribution < -0.4 is 11.1 Å². The largest absolute Gasteiger partial charge is 0.337 e. The monoisotopic (exact) mass is 195 g/mol. The van der Waals surface area contributed by atoms with Gasteiger partial charge in [0.25, 0.3) is 0 Å². The molecule has 74 valence electrons. The van der Waals surface area contributed by atoms with Gasteiger partial charge in [-0.3, -0.25) is 5.73 Å². The fraction of sp³-hybridized carbons (Fsp3) is 0.286. The van der Waals surface area contributed by atoms with E-state index in [2.05, 4.69) is 10.3 Å². The summed E-state index contributed by atoms with van der Waals surface area (Å²) in [5.74, 6) is 0.268. The normalized spacial score (nSPS) is 25.9. The molecule has 1 atom stereocenters. The number of nitrogens with two attached hydrogens (primary N) is 1. The van der Waals surface area contributed by atoms with Crippen molar-refractivity contribution >= 4 is 17.9 Å². The molecule has 4 amide bonds. The Morgan fingerprint density at radius 1 is 1.57 bits per heavy atom. The maximum Gasteiger partial charge on any atom is 0.337 e. The second-order valence-electron chi connectivity index (χ2n) is 2.93. The Morgan fingerprint density at radius 3 is 3.00 bits per heavy atom. The number of nitrogens with zero attached hydrogens (tertiary/aromatic N) is 3. The molecule has 2 heterocycles. The molecule has 0 aliphatic carbocycles. The van der Waals surface area contributed by atoms with Crippen molar-refractivity contribution in [3.8, 4) is 0 Å². The second kappa shape index (κ2) is 2.81. The Morgan fingerprint density at radius 2 is 2.29 bits per heavy atom. The zero-order chi connectivity index (χ0) is 10.3. The lowest BCUT2D eigenvalue weighted by atomic mass is 10.3. The van der Waals surface area contributed by atoms with Gasteiger partial charge >= 0.3 is 12.1 Å². The van der Waals surface area contributed by atoms with Crippen LogP contribution in [0.2, 0.25) is 0 Å². The Kier molecular flexibility index (Phi) is 1.74. The molecule has 0 saturated heterocycles. The lowest BCUT2D eigenvalue weighted by molar-refractivity contribution is 0.185. The molecule has 2 rings (SSSR count). The first kappa shape index (κ1) is 8.70. The number of hydrogen-bond acceptors (Lipinski definition) is 4. The summed E-state index contributed by atoms with van der Waals surface area (Å²) in [5, 5.41) is 2.33. The number of aliphatic imine (C=N–C) groups is 1. The smallest absolute Gasteiger partial charge is 0.303 e. The van der Waals surface area contributed by atoms with E-state index >= 15 is 0 Å². The average molecular weight is 195 g/mol. The highest BCUT2D eigenvalue weighted by Gasteiger charge is 2.34. The van der Waals surface area contributed by atoms with Crippen LogP contribution in [0.3, 0.4) is 0 Å². The van der Waals surface area contributed by atoms with Crippen molar-refractivity contribution in [2.45, 2.75) is 6.29 Å². The zero-order valence-electron chi connectivity index (χ0n) is 7.47. The summed E-state index contributed by atoms with van der Waals surface area (Å²) in [4.78, 5) is 29.0. The molecule has 0 aromatic rings. The van der Waals surface area contributed by atoms with E-state index in [9.17, 15) is 9.59 Å². The molecular formula is C7H9N5O2. The van der Waals surface area contributed by atoms with E-state index in [1.54, 1.807) is 13.1 Å². The quantitative estimate of drug-likeness (QED) is 0.531. The van der Waals surface area contributed by atoms with Crippen molar-refractivity contribution in [1.29, 1.82) is 0 Å². The number of urea groups is 2. The molecule has 7 nitrogen and oxygen atoms in total. The topological polar surface area (TPSA) is 91.0 Å². The molecule has 0 aromatic carbocycles. The van der Waals surface area contributed by atoms with Crippen molar-refractivity contribution in [3.05, 3.63) is 12.3 Å². The lowest BCUT2D eigenvalue weighted by Gasteiger charge is -2.32. The fourth-order valence-electron chi connectivity index (χ4n) is 1.23. The van der Waals surface area contributed by atoms with Crippen molar-refractivity contribution in [1.82, 2.24) is 15.1 Å². The van der Waals surface area contributed by atoms with Crippen LogP contribution >= 0.6 is 0 Å². The summed E-state index contributed by atoms with van der Waals surface area (Å²) < 4.78 is 0. The van der Waals surface area contributed by atoms with E-state index in [1.807, 2.05) is 0 Å². The Bertz CT molecular complexity index is 361. The maximum atomic E-state index is 11.5. The van der Waals surface area contributed by atoms with Crippen LogP contribution in [-0.4, -0.2) is 41.0 Å². The van der Waals surface area contributed by atoms with Crippen molar-refractivity contribution in [2.24, 2.45) is 10.7 Å². The standard InChI is InChI=1S/C7H9N5O2/c1-11-3-2-4-9-5(8)10-6(13)12(4)7(11)14/h2-3,5H,8H2,1H3,(H,10,13). The maximum absolute atomic E-state index is 11.5. The number of nitrogens with one attached hydrogen (secondary N) is 1. The average Bonchev–Trinajstić information content (AvgIpc) is 2.10. The van der Waals surface area contributed by atoms with Crippen LogP contribution in [0.5, 0.6) is 0 Å². The number of fused-ring (bicyclic) bond motifs is 1. The number of carbonyl (C=O) groups excluding carboxylic acids is 2. The third-order valence-electron chi connectivity index (χ3n) is 1.92. The highest BCUT2D eigenvalue weighted by atomic mass is 16.2. The van der Waals surface area contributed by atoms with Gasteiger partial charge in [0.05, 0.1) is 0 Å². The number of amidine groups is 1. The van der Waals surface area contributed by atoms with E-state index in [1.165, 1.54) is 11.1 Å². The van der Waals surface area contributed by atoms with Crippen LogP contribution in [0, 0.1) is 0 Å². The Labute approximate surface area is 79.9 Å². The van der Waals surface area contributed by atoms with Crippen LogP contribution in [0.15, 0.2) is 17.3 Å². The summed E-state index contributed by atoms with van der Waals surface area (Å²) in [7, 11) is 1.55. The molecule has 0 saturated carbocycles. The van der Waals surface area contributed by atoms with Crippen molar-refractivity contribution in [3.63, 3.8) is 0 Å². The second-order valence-corrected chi connectivity index (χ2v) is 2.93. The van der Waals surface area contributed by atoms with Gasteiger partial charge in [-0.05, 0) is 6.08 Å². The Balaban J connectivity index is 2.43. The third-order valence-corrected chi connectivity index (χ3v) is 1.92. The van der Waals surface area contributed by atoms with Crippen molar-refractivity contribution in [2.75, 3.05) is 7.05 Å². The summed E-state index contributed by atoms with van der Waals surface area (Å²) in [6.07, 6.45) is 2.30. The SMILES string of the molecule is CN1C=CC2=NC(N)NC(=O)N2C1=O. The minimum Gasteiger partial charge on any atom is -0.303 e. The molecule has 7 heteroatoms. The fourth-order valence-corrected chi connectivity index (χ4v) is 1.23. The van der Waals surface area contributed by atoms with E-state index in [4.69, 9.17) is 5.73 Å². The summed E-state index contributed by atoms with van der Waals surface area (Å²) in [6, 6.07) is -1.00. The first-order valence-corrected chi connectivity index (χ1v) is 3.98. The van der Waals surface area contributed by atoms with Gasteiger partial charge in [0.2, 0.25) is 0 Å². The number of imide groups is 1. The molecule has 0 fully saturated rings. The van der Waals surface area contributed by atoms with E-state index in [0.717, 1.165) is 4.90 Å². The Hall–Kier alpha value is -1.89. The van der Waals surface area contributed by atoms with Crippen LogP contribution in [0.25, 0.3) is 0 Å². The summed E-state index contributed by atoms with van der Waals surface area (Å²) in [6.45, 7) is 0. The van der Waals surface area contributed by atoms with E-state index < -0.39 is 18.4 Å². The molecule has 3 N–H and O–H groups in total. The number of rotatable bonds is 0. The highest BCUT2D eigenvalue weighted by Crippen LogP contribution is 2.11. The van der Waals surface area contributed by atoms with Gasteiger partial charge in [-0.1, -0.05) is 0 Å². The molecule has 2 aliphatic rings. The first-order chi connectivity index (χ1) is 6.59. The molecule has 0 spiro atoms. The van der Waals surface area contributed by atoms with E-state index in [0.29, 0.717) is 0 Å². The van der Waals surface area contributed by atoms with Gasteiger partial charge in [0.1, 0.15) is 5.84 Å². The molecule has 0 bridgehead atoms. The van der Waals surface area contributed by atoms with Gasteiger partial charge in [-0.2, -0.15) is 4.90 Å². The van der Waals surface area contributed by atoms with E-state index in [-0.39, 0.29) is 5.84 Å². The molecule has 1 unspecified atom stereocenters. The summed E-state index contributed by atoms with van der Waals surface area (Å²) >= 11 is 0. The number of carbonyl (C=O) groups is 2. The molecule has 0 aromatic heterocycles. The molecular weight excluding hydrogens is 186 g/mol. The first-order valence-electron chi connectivity index (χ1n) is 3.98.